The molecule has 2 aromatic rings. The van der Waals surface area contributed by atoms with Gasteiger partial charge in [-0.15, -0.1) is 0 Å². The SMILES string of the molecule is CC(C)N(Cc1cccnc1)S(=O)(=O)c1cnc[nH]1. The average molecular weight is 280 g/mol. The Balaban J connectivity index is 2.31. The molecule has 6 nitrogen and oxygen atoms in total. The second-order valence-corrected chi connectivity index (χ2v) is 6.28. The number of aromatic amines is 1. The van der Waals surface area contributed by atoms with Gasteiger partial charge in [0.05, 0.1) is 12.5 Å². The highest BCUT2D eigenvalue weighted by Gasteiger charge is 2.28. The molecule has 0 unspecified atom stereocenters. The van der Waals surface area contributed by atoms with E-state index in [-0.39, 0.29) is 17.6 Å². The Bertz CT molecular complexity index is 608. The van der Waals surface area contributed by atoms with Gasteiger partial charge in [0.2, 0.25) is 0 Å². The van der Waals surface area contributed by atoms with E-state index in [0.29, 0.717) is 0 Å². The van der Waals surface area contributed by atoms with Crippen LogP contribution in [0.5, 0.6) is 0 Å². The van der Waals surface area contributed by atoms with Gasteiger partial charge in [-0.2, -0.15) is 4.31 Å². The van der Waals surface area contributed by atoms with E-state index in [4.69, 9.17) is 0 Å². The zero-order chi connectivity index (χ0) is 13.9. The monoisotopic (exact) mass is 280 g/mol. The largest absolute Gasteiger partial charge is 0.335 e. The molecule has 0 saturated heterocycles. The lowest BCUT2D eigenvalue weighted by molar-refractivity contribution is 0.346. The van der Waals surface area contributed by atoms with Crippen LogP contribution in [0.3, 0.4) is 0 Å². The van der Waals surface area contributed by atoms with Crippen LogP contribution >= 0.6 is 0 Å². The predicted molar refractivity (Wildman–Crippen MR) is 70.7 cm³/mol. The van der Waals surface area contributed by atoms with Crippen LogP contribution in [0.25, 0.3) is 0 Å². The summed E-state index contributed by atoms with van der Waals surface area (Å²) in [7, 11) is -3.57. The van der Waals surface area contributed by atoms with Crippen LogP contribution in [0.2, 0.25) is 0 Å². The average Bonchev–Trinajstić information content (AvgIpc) is 2.91. The number of nitrogens with one attached hydrogen (secondary N) is 1. The molecule has 0 bridgehead atoms. The second kappa shape index (κ2) is 5.50. The van der Waals surface area contributed by atoms with Gasteiger partial charge in [0.15, 0.2) is 5.03 Å². The minimum Gasteiger partial charge on any atom is -0.335 e. The van der Waals surface area contributed by atoms with Crippen LogP contribution < -0.4 is 0 Å². The van der Waals surface area contributed by atoms with Crippen LogP contribution in [-0.4, -0.2) is 33.7 Å². The van der Waals surface area contributed by atoms with Gasteiger partial charge in [-0.05, 0) is 25.5 Å². The molecule has 0 aliphatic rings. The Labute approximate surface area is 112 Å². The standard InChI is InChI=1S/C12H16N4O2S/c1-10(2)16(8-11-4-3-5-13-6-11)19(17,18)12-7-14-9-15-12/h3-7,9-10H,8H2,1-2H3,(H,14,15). The van der Waals surface area contributed by atoms with Crippen LogP contribution in [-0.2, 0) is 16.6 Å². The van der Waals surface area contributed by atoms with Gasteiger partial charge in [0.1, 0.15) is 0 Å². The van der Waals surface area contributed by atoms with E-state index in [1.54, 1.807) is 18.5 Å². The summed E-state index contributed by atoms with van der Waals surface area (Å²) >= 11 is 0. The normalized spacial score (nSPS) is 12.2. The maximum Gasteiger partial charge on any atom is 0.260 e. The summed E-state index contributed by atoms with van der Waals surface area (Å²) in [6.07, 6.45) is 5.99. The lowest BCUT2D eigenvalue weighted by atomic mass is 10.2. The van der Waals surface area contributed by atoms with E-state index in [1.165, 1.54) is 16.8 Å². The number of rotatable bonds is 5. The first kappa shape index (κ1) is 13.7. The molecule has 0 aromatic carbocycles. The minimum absolute atomic E-state index is 0.102. The van der Waals surface area contributed by atoms with E-state index < -0.39 is 10.0 Å². The van der Waals surface area contributed by atoms with Crippen LogP contribution in [0.4, 0.5) is 0 Å². The van der Waals surface area contributed by atoms with E-state index in [1.807, 2.05) is 19.9 Å². The van der Waals surface area contributed by atoms with Gasteiger partial charge >= 0.3 is 0 Å². The Morgan fingerprint density at radius 3 is 2.63 bits per heavy atom. The first-order valence-electron chi connectivity index (χ1n) is 5.91. The molecule has 0 fully saturated rings. The van der Waals surface area contributed by atoms with Gasteiger partial charge < -0.3 is 4.98 Å². The molecule has 2 aromatic heterocycles. The van der Waals surface area contributed by atoms with Crippen molar-refractivity contribution in [3.63, 3.8) is 0 Å². The highest BCUT2D eigenvalue weighted by atomic mass is 32.2. The highest BCUT2D eigenvalue weighted by molar-refractivity contribution is 7.89. The van der Waals surface area contributed by atoms with Gasteiger partial charge in [-0.25, -0.2) is 13.4 Å². The molecule has 0 aliphatic carbocycles. The van der Waals surface area contributed by atoms with Crippen molar-refractivity contribution in [2.75, 3.05) is 0 Å². The summed E-state index contributed by atoms with van der Waals surface area (Å²) in [6.45, 7) is 3.96. The zero-order valence-corrected chi connectivity index (χ0v) is 11.6. The van der Waals surface area contributed by atoms with Crippen LogP contribution in [0.1, 0.15) is 19.4 Å². The minimum atomic E-state index is -3.57. The summed E-state index contributed by atoms with van der Waals surface area (Å²) in [5, 5.41) is 0.102. The zero-order valence-electron chi connectivity index (χ0n) is 10.8. The van der Waals surface area contributed by atoms with Gasteiger partial charge in [0.25, 0.3) is 10.0 Å². The summed E-state index contributed by atoms with van der Waals surface area (Å²) in [5.74, 6) is 0. The number of pyridine rings is 1. The number of hydrogen-bond donors (Lipinski definition) is 1. The Morgan fingerprint density at radius 2 is 2.11 bits per heavy atom. The number of hydrogen-bond acceptors (Lipinski definition) is 4. The predicted octanol–water partition coefficient (Wildman–Crippen LogP) is 1.40. The molecule has 0 saturated carbocycles. The third kappa shape index (κ3) is 2.99. The molecular weight excluding hydrogens is 264 g/mol. The summed E-state index contributed by atoms with van der Waals surface area (Å²) < 4.78 is 26.4. The molecular formula is C12H16N4O2S. The molecule has 0 amide bonds. The third-order valence-electron chi connectivity index (χ3n) is 2.70. The van der Waals surface area contributed by atoms with Gasteiger partial charge in [-0.1, -0.05) is 6.07 Å². The summed E-state index contributed by atoms with van der Waals surface area (Å²) in [4.78, 5) is 10.4. The van der Waals surface area contributed by atoms with Crippen molar-refractivity contribution in [2.24, 2.45) is 0 Å². The smallest absolute Gasteiger partial charge is 0.260 e. The number of nitrogens with zero attached hydrogens (tertiary/aromatic N) is 3. The first-order chi connectivity index (χ1) is 9.01. The van der Waals surface area contributed by atoms with Gasteiger partial charge in [-0.3, -0.25) is 4.98 Å². The lowest BCUT2D eigenvalue weighted by Crippen LogP contribution is -2.36. The van der Waals surface area contributed by atoms with E-state index in [2.05, 4.69) is 15.0 Å². The van der Waals surface area contributed by atoms with Crippen molar-refractivity contribution in [2.45, 2.75) is 31.5 Å². The number of imidazole rings is 1. The quantitative estimate of drug-likeness (QED) is 0.898. The Morgan fingerprint density at radius 1 is 1.32 bits per heavy atom. The second-order valence-electron chi connectivity index (χ2n) is 4.42. The fraction of sp³-hybridized carbons (Fsp3) is 0.333. The molecule has 19 heavy (non-hydrogen) atoms. The van der Waals surface area contributed by atoms with E-state index in [9.17, 15) is 8.42 Å². The van der Waals surface area contributed by atoms with Crippen molar-refractivity contribution in [3.8, 4) is 0 Å². The molecule has 0 aliphatic heterocycles. The molecule has 102 valence electrons. The molecule has 2 rings (SSSR count). The Hall–Kier alpha value is -1.73. The summed E-state index contributed by atoms with van der Waals surface area (Å²) in [6, 6.07) is 3.48. The maximum absolute atomic E-state index is 12.5. The topological polar surface area (TPSA) is 79.0 Å². The molecule has 1 N–H and O–H groups in total. The first-order valence-corrected chi connectivity index (χ1v) is 7.35. The fourth-order valence-electron chi connectivity index (χ4n) is 1.73. The van der Waals surface area contributed by atoms with E-state index in [0.717, 1.165) is 5.56 Å². The molecule has 0 radical (unpaired) electrons. The fourth-order valence-corrected chi connectivity index (χ4v) is 3.25. The van der Waals surface area contributed by atoms with Crippen molar-refractivity contribution < 1.29 is 8.42 Å². The van der Waals surface area contributed by atoms with Crippen molar-refractivity contribution in [1.29, 1.82) is 0 Å². The van der Waals surface area contributed by atoms with Gasteiger partial charge in [0, 0.05) is 25.0 Å². The molecule has 7 heteroatoms. The Kier molecular flexibility index (Phi) is 3.96. The summed E-state index contributed by atoms with van der Waals surface area (Å²) in [5.41, 5.74) is 0.847. The highest BCUT2D eigenvalue weighted by Crippen LogP contribution is 2.18. The lowest BCUT2D eigenvalue weighted by Gasteiger charge is -2.24. The molecule has 0 spiro atoms. The maximum atomic E-state index is 12.5. The number of aromatic nitrogens is 3. The van der Waals surface area contributed by atoms with Crippen molar-refractivity contribution in [1.82, 2.24) is 19.3 Å². The molecule has 2 heterocycles. The molecule has 0 atom stereocenters. The van der Waals surface area contributed by atoms with Crippen LogP contribution in [0, 0.1) is 0 Å². The van der Waals surface area contributed by atoms with Crippen molar-refractivity contribution in [3.05, 3.63) is 42.6 Å². The van der Waals surface area contributed by atoms with Crippen LogP contribution in [0.15, 0.2) is 42.1 Å². The number of sulfonamides is 1. The van der Waals surface area contributed by atoms with E-state index >= 15 is 0 Å². The third-order valence-corrected chi connectivity index (χ3v) is 4.64. The van der Waals surface area contributed by atoms with Crippen molar-refractivity contribution >= 4 is 10.0 Å². The number of H-pyrrole nitrogens is 1.